The lowest BCUT2D eigenvalue weighted by atomic mass is 10.0. The maximum absolute atomic E-state index is 5.35. The van der Waals surface area contributed by atoms with Crippen molar-refractivity contribution >= 4 is 49.9 Å². The Balaban J connectivity index is 1.16. The number of fused-ring (bicyclic) bond motifs is 9. The second kappa shape index (κ2) is 9.35. The van der Waals surface area contributed by atoms with Crippen LogP contribution in [0.25, 0.3) is 61.0 Å². The van der Waals surface area contributed by atoms with E-state index in [0.717, 1.165) is 41.2 Å². The van der Waals surface area contributed by atoms with E-state index in [9.17, 15) is 0 Å². The van der Waals surface area contributed by atoms with Crippen LogP contribution in [-0.4, -0.2) is 27.8 Å². The molecule has 0 amide bonds. The number of imidazole rings is 1. The van der Waals surface area contributed by atoms with E-state index in [0.29, 0.717) is 0 Å². The van der Waals surface area contributed by atoms with E-state index in [1.54, 1.807) is 0 Å². The van der Waals surface area contributed by atoms with Crippen molar-refractivity contribution in [1.29, 1.82) is 0 Å². The summed E-state index contributed by atoms with van der Waals surface area (Å²) < 4.78 is 4.67. The van der Waals surface area contributed by atoms with Crippen LogP contribution in [-0.2, 0) is 13.5 Å². The highest BCUT2D eigenvalue weighted by molar-refractivity contribution is 6.10. The minimum absolute atomic E-state index is 0.820. The molecule has 0 bridgehead atoms. The number of anilines is 3. The Hall–Kier alpha value is -5.81. The summed E-state index contributed by atoms with van der Waals surface area (Å²) >= 11 is 0. The molecule has 5 nitrogen and oxygen atoms in total. The van der Waals surface area contributed by atoms with Gasteiger partial charge in [-0.05, 0) is 71.6 Å². The monoisotopic (exact) mass is 593 g/mol. The van der Waals surface area contributed by atoms with Crippen LogP contribution in [0.15, 0.2) is 127 Å². The Bertz CT molecular complexity index is 2530. The van der Waals surface area contributed by atoms with Gasteiger partial charge in [0.2, 0.25) is 0 Å². The number of hydrogen-bond acceptors (Lipinski definition) is 3. The van der Waals surface area contributed by atoms with Crippen LogP contribution in [0, 0.1) is 0 Å². The summed E-state index contributed by atoms with van der Waals surface area (Å²) in [5.74, 6) is 0.983. The molecule has 0 saturated carbocycles. The molecule has 8 aromatic rings. The van der Waals surface area contributed by atoms with Gasteiger partial charge in [-0.1, -0.05) is 78.9 Å². The number of nitrogens with zero attached hydrogens (tertiary/aromatic N) is 5. The van der Waals surface area contributed by atoms with Crippen LogP contribution in [0.1, 0.15) is 11.1 Å². The first-order valence-electron chi connectivity index (χ1n) is 15.9. The second-order valence-corrected chi connectivity index (χ2v) is 12.7. The highest BCUT2D eigenvalue weighted by Crippen LogP contribution is 2.43. The smallest absolute Gasteiger partial charge is 0.140 e. The van der Waals surface area contributed by atoms with Crippen LogP contribution in [0.3, 0.4) is 0 Å². The lowest BCUT2D eigenvalue weighted by Gasteiger charge is -2.21. The third-order valence-corrected chi connectivity index (χ3v) is 10.1. The van der Waals surface area contributed by atoms with Crippen LogP contribution in [0.4, 0.5) is 17.1 Å². The van der Waals surface area contributed by atoms with Crippen molar-refractivity contribution in [3.63, 3.8) is 0 Å². The SMILES string of the molecule is CN1CN(c2cccc(-n3c4ccccc4c4ccc(-c5nc6c7c(ccc6n5C)Cc5ccccc5-7)cc43)c2)c2ccccc21. The quantitative estimate of drug-likeness (QED) is 0.204. The zero-order chi connectivity index (χ0) is 30.5. The number of aromatic nitrogens is 3. The van der Waals surface area contributed by atoms with Crippen LogP contribution >= 0.6 is 0 Å². The maximum Gasteiger partial charge on any atom is 0.140 e. The molecule has 0 spiro atoms. The molecule has 1 aliphatic heterocycles. The fourth-order valence-electron chi connectivity index (χ4n) is 7.92. The molecule has 220 valence electrons. The van der Waals surface area contributed by atoms with E-state index in [2.05, 4.69) is 160 Å². The minimum atomic E-state index is 0.820. The van der Waals surface area contributed by atoms with Crippen molar-refractivity contribution in [3.8, 4) is 28.2 Å². The summed E-state index contributed by atoms with van der Waals surface area (Å²) in [7, 11) is 4.30. The summed E-state index contributed by atoms with van der Waals surface area (Å²) in [6.07, 6.45) is 0.970. The highest BCUT2D eigenvalue weighted by Gasteiger charge is 2.26. The average molecular weight is 594 g/mol. The van der Waals surface area contributed by atoms with Crippen LogP contribution in [0.5, 0.6) is 0 Å². The Morgan fingerprint density at radius 1 is 0.587 bits per heavy atom. The fraction of sp³-hybridized carbons (Fsp3) is 0.0976. The van der Waals surface area contributed by atoms with Crippen LogP contribution < -0.4 is 9.80 Å². The van der Waals surface area contributed by atoms with Gasteiger partial charge in [0.05, 0.1) is 40.1 Å². The van der Waals surface area contributed by atoms with Gasteiger partial charge in [0.25, 0.3) is 0 Å². The molecular formula is C41H31N5. The lowest BCUT2D eigenvalue weighted by Crippen LogP contribution is -2.24. The Morgan fingerprint density at radius 2 is 1.37 bits per heavy atom. The van der Waals surface area contributed by atoms with E-state index < -0.39 is 0 Å². The van der Waals surface area contributed by atoms with E-state index >= 15 is 0 Å². The summed E-state index contributed by atoms with van der Waals surface area (Å²) in [6.45, 7) is 0.820. The van der Waals surface area contributed by atoms with Gasteiger partial charge in [-0.3, -0.25) is 0 Å². The number of para-hydroxylation sites is 3. The molecule has 1 aliphatic carbocycles. The van der Waals surface area contributed by atoms with Gasteiger partial charge in [0, 0.05) is 47.4 Å². The van der Waals surface area contributed by atoms with Crippen molar-refractivity contribution in [1.82, 2.24) is 14.1 Å². The number of benzene rings is 6. The van der Waals surface area contributed by atoms with Gasteiger partial charge in [0.1, 0.15) is 5.82 Å². The third kappa shape index (κ3) is 3.48. The van der Waals surface area contributed by atoms with Gasteiger partial charge in [-0.15, -0.1) is 0 Å². The van der Waals surface area contributed by atoms with Crippen molar-refractivity contribution < 1.29 is 0 Å². The van der Waals surface area contributed by atoms with E-state index in [4.69, 9.17) is 4.98 Å². The molecule has 0 atom stereocenters. The van der Waals surface area contributed by atoms with Crippen molar-refractivity contribution in [2.45, 2.75) is 6.42 Å². The first-order valence-corrected chi connectivity index (χ1v) is 15.9. The Kier molecular flexibility index (Phi) is 5.18. The molecule has 0 N–H and O–H groups in total. The predicted molar refractivity (Wildman–Crippen MR) is 191 cm³/mol. The molecule has 5 heteroatoms. The number of hydrogen-bond donors (Lipinski definition) is 0. The van der Waals surface area contributed by atoms with Gasteiger partial charge >= 0.3 is 0 Å². The highest BCUT2D eigenvalue weighted by atomic mass is 15.4. The van der Waals surface area contributed by atoms with Crippen LogP contribution in [0.2, 0.25) is 0 Å². The zero-order valence-electron chi connectivity index (χ0n) is 25.8. The average Bonchev–Trinajstić information content (AvgIpc) is 3.83. The summed E-state index contributed by atoms with van der Waals surface area (Å²) in [4.78, 5) is 10.1. The molecule has 3 heterocycles. The minimum Gasteiger partial charge on any atom is -0.355 e. The second-order valence-electron chi connectivity index (χ2n) is 12.7. The number of rotatable bonds is 3. The lowest BCUT2D eigenvalue weighted by molar-refractivity contribution is 0.948. The van der Waals surface area contributed by atoms with Gasteiger partial charge in [-0.2, -0.15) is 0 Å². The molecule has 6 aromatic carbocycles. The van der Waals surface area contributed by atoms with E-state index in [-0.39, 0.29) is 0 Å². The maximum atomic E-state index is 5.35. The summed E-state index contributed by atoms with van der Waals surface area (Å²) in [5.41, 5.74) is 15.9. The fourth-order valence-corrected chi connectivity index (χ4v) is 7.92. The third-order valence-electron chi connectivity index (χ3n) is 10.1. The summed E-state index contributed by atoms with van der Waals surface area (Å²) in [5, 5.41) is 2.49. The van der Waals surface area contributed by atoms with Gasteiger partial charge < -0.3 is 18.9 Å². The standard InChI is InChI=1S/C41H31N5/c1-43-25-45(36-17-8-7-16-35(36)43)29-11-9-12-30(24-29)46-34-15-6-5-14-32(34)33-20-18-28(23-38(33)46)41-42-40-37(44(41)2)21-19-27-22-26-10-3-4-13-31(26)39(27)40/h3-21,23-24H,22,25H2,1-2H3. The normalized spacial score (nSPS) is 13.6. The van der Waals surface area contributed by atoms with E-state index in [1.807, 2.05) is 0 Å². The van der Waals surface area contributed by atoms with Crippen molar-refractivity contribution in [2.24, 2.45) is 7.05 Å². The molecule has 46 heavy (non-hydrogen) atoms. The first kappa shape index (κ1) is 25.5. The topological polar surface area (TPSA) is 29.2 Å². The zero-order valence-corrected chi connectivity index (χ0v) is 25.8. The van der Waals surface area contributed by atoms with Crippen molar-refractivity contribution in [2.75, 3.05) is 23.5 Å². The molecule has 0 radical (unpaired) electrons. The molecule has 10 rings (SSSR count). The predicted octanol–water partition coefficient (Wildman–Crippen LogP) is 9.45. The molecule has 2 aromatic heterocycles. The molecule has 0 unspecified atom stereocenters. The van der Waals surface area contributed by atoms with E-state index in [1.165, 1.54) is 61.1 Å². The summed E-state index contributed by atoms with van der Waals surface area (Å²) in [6, 6.07) is 46.5. The molecule has 2 aliphatic rings. The largest absolute Gasteiger partial charge is 0.355 e. The Morgan fingerprint density at radius 3 is 2.30 bits per heavy atom. The molecule has 0 fully saturated rings. The van der Waals surface area contributed by atoms with Crippen molar-refractivity contribution in [3.05, 3.63) is 139 Å². The molecular weight excluding hydrogens is 562 g/mol. The Labute approximate surface area is 267 Å². The first-order chi connectivity index (χ1) is 22.6. The number of aryl methyl sites for hydroxylation is 1. The van der Waals surface area contributed by atoms with Gasteiger partial charge in [-0.25, -0.2) is 4.98 Å². The molecule has 0 saturated heterocycles. The van der Waals surface area contributed by atoms with Gasteiger partial charge in [0.15, 0.2) is 0 Å².